The molecule has 0 amide bonds. The number of H-pyrrole nitrogens is 1. The Hall–Kier alpha value is -2.08. The van der Waals surface area contributed by atoms with E-state index in [-0.39, 0.29) is 6.61 Å². The summed E-state index contributed by atoms with van der Waals surface area (Å²) in [6.07, 6.45) is -0.518. The first-order valence-electron chi connectivity index (χ1n) is 8.05. The van der Waals surface area contributed by atoms with Crippen molar-refractivity contribution in [1.29, 1.82) is 0 Å². The maximum Gasteiger partial charge on any atom is 0.129 e. The predicted molar refractivity (Wildman–Crippen MR) is 92.0 cm³/mol. The molecule has 1 aliphatic rings. The summed E-state index contributed by atoms with van der Waals surface area (Å²) in [4.78, 5) is 3.40. The summed E-state index contributed by atoms with van der Waals surface area (Å²) in [5.74, 6) is 0.810. The first-order chi connectivity index (χ1) is 11.3. The summed E-state index contributed by atoms with van der Waals surface area (Å²) in [6, 6.07) is 14.6. The second-order valence-corrected chi connectivity index (χ2v) is 6.08. The number of aromatic amines is 1. The Balaban J connectivity index is 1.49. The summed E-state index contributed by atoms with van der Waals surface area (Å²) >= 11 is 0. The average molecular weight is 311 g/mol. The van der Waals surface area contributed by atoms with E-state index in [1.165, 1.54) is 0 Å². The van der Waals surface area contributed by atoms with Gasteiger partial charge in [-0.15, -0.1) is 0 Å². The van der Waals surface area contributed by atoms with Crippen LogP contribution in [-0.4, -0.2) is 48.5 Å². The van der Waals surface area contributed by atoms with Crippen LogP contribution in [0.1, 0.15) is 0 Å². The summed E-state index contributed by atoms with van der Waals surface area (Å²) in [5.41, 5.74) is 2.15. The van der Waals surface area contributed by atoms with Crippen molar-refractivity contribution in [3.05, 3.63) is 42.5 Å². The van der Waals surface area contributed by atoms with Gasteiger partial charge in [0.2, 0.25) is 0 Å². The zero-order valence-corrected chi connectivity index (χ0v) is 12.9. The molecular weight excluding hydrogens is 290 g/mol. The van der Waals surface area contributed by atoms with Gasteiger partial charge in [0.05, 0.1) is 5.52 Å². The summed E-state index contributed by atoms with van der Waals surface area (Å²) in [5, 5.41) is 18.8. The van der Waals surface area contributed by atoms with Gasteiger partial charge in [-0.05, 0) is 18.2 Å². The quantitative estimate of drug-likeness (QED) is 0.558. The fourth-order valence-corrected chi connectivity index (χ4v) is 2.97. The molecule has 0 aliphatic carbocycles. The van der Waals surface area contributed by atoms with Crippen molar-refractivity contribution in [2.45, 2.75) is 12.1 Å². The lowest BCUT2D eigenvalue weighted by Gasteiger charge is -2.29. The molecule has 0 unspecified atom stereocenters. The van der Waals surface area contributed by atoms with Gasteiger partial charge in [0.25, 0.3) is 0 Å². The number of ether oxygens (including phenoxy) is 1. The number of benzene rings is 2. The number of aliphatic hydroxyl groups is 1. The average Bonchev–Trinajstić information content (AvgIpc) is 2.90. The molecule has 4 N–H and O–H groups in total. The van der Waals surface area contributed by atoms with E-state index in [1.54, 1.807) is 0 Å². The zero-order chi connectivity index (χ0) is 15.6. The lowest BCUT2D eigenvalue weighted by molar-refractivity contribution is 0.102. The van der Waals surface area contributed by atoms with Crippen molar-refractivity contribution in [3.8, 4) is 5.75 Å². The lowest BCUT2D eigenvalue weighted by Crippen LogP contribution is -2.56. The molecule has 120 valence electrons. The molecule has 1 fully saturated rings. The largest absolute Gasteiger partial charge is 0.490 e. The van der Waals surface area contributed by atoms with Gasteiger partial charge in [0.1, 0.15) is 18.5 Å². The molecule has 2 aromatic carbocycles. The first kappa shape index (κ1) is 14.5. The molecule has 4 rings (SSSR count). The van der Waals surface area contributed by atoms with Crippen molar-refractivity contribution >= 4 is 21.8 Å². The Labute approximate surface area is 134 Å². The molecule has 0 radical (unpaired) electrons. The third kappa shape index (κ3) is 2.91. The van der Waals surface area contributed by atoms with Crippen molar-refractivity contribution in [1.82, 2.24) is 15.6 Å². The third-order valence-corrected chi connectivity index (χ3v) is 4.35. The SMILES string of the molecule is O[C@@H](CNC1CNC1)COc1cccc2[nH]c3ccccc3c12. The Kier molecular flexibility index (Phi) is 3.91. The van der Waals surface area contributed by atoms with Crippen LogP contribution in [0, 0.1) is 0 Å². The van der Waals surface area contributed by atoms with Crippen LogP contribution in [0.15, 0.2) is 42.5 Å². The molecule has 2 heterocycles. The Morgan fingerprint density at radius 2 is 1.96 bits per heavy atom. The van der Waals surface area contributed by atoms with E-state index in [1.807, 2.05) is 30.3 Å². The minimum absolute atomic E-state index is 0.284. The van der Waals surface area contributed by atoms with Crippen LogP contribution >= 0.6 is 0 Å². The van der Waals surface area contributed by atoms with E-state index in [9.17, 15) is 5.11 Å². The number of aromatic nitrogens is 1. The van der Waals surface area contributed by atoms with E-state index in [2.05, 4.69) is 27.8 Å². The molecule has 0 bridgehead atoms. The van der Waals surface area contributed by atoms with Gasteiger partial charge in [-0.1, -0.05) is 24.3 Å². The minimum atomic E-state index is -0.518. The van der Waals surface area contributed by atoms with Gasteiger partial charge in [-0.2, -0.15) is 0 Å². The van der Waals surface area contributed by atoms with Gasteiger partial charge < -0.3 is 25.5 Å². The van der Waals surface area contributed by atoms with Gasteiger partial charge in [-0.25, -0.2) is 0 Å². The summed E-state index contributed by atoms with van der Waals surface area (Å²) in [7, 11) is 0. The van der Waals surface area contributed by atoms with E-state index in [0.717, 1.165) is 40.6 Å². The Morgan fingerprint density at radius 3 is 2.78 bits per heavy atom. The molecule has 1 aromatic heterocycles. The maximum absolute atomic E-state index is 10.1. The highest BCUT2D eigenvalue weighted by molar-refractivity contribution is 6.10. The highest BCUT2D eigenvalue weighted by Crippen LogP contribution is 2.32. The number of para-hydroxylation sites is 1. The fourth-order valence-electron chi connectivity index (χ4n) is 2.97. The Bertz CT molecular complexity index is 810. The maximum atomic E-state index is 10.1. The molecule has 23 heavy (non-hydrogen) atoms. The van der Waals surface area contributed by atoms with Gasteiger partial charge in [-0.3, -0.25) is 0 Å². The molecule has 1 saturated heterocycles. The van der Waals surface area contributed by atoms with E-state index >= 15 is 0 Å². The Morgan fingerprint density at radius 1 is 1.13 bits per heavy atom. The molecular formula is C18H21N3O2. The van der Waals surface area contributed by atoms with E-state index < -0.39 is 6.10 Å². The topological polar surface area (TPSA) is 69.3 Å². The number of nitrogens with one attached hydrogen (secondary N) is 3. The normalized spacial score (nSPS) is 16.6. The number of rotatable bonds is 6. The molecule has 5 nitrogen and oxygen atoms in total. The molecule has 1 aliphatic heterocycles. The molecule has 0 spiro atoms. The predicted octanol–water partition coefficient (Wildman–Crippen LogP) is 1.62. The number of fused-ring (bicyclic) bond motifs is 3. The van der Waals surface area contributed by atoms with Gasteiger partial charge in [0, 0.05) is 42.0 Å². The van der Waals surface area contributed by atoms with Crippen LogP contribution in [0.2, 0.25) is 0 Å². The van der Waals surface area contributed by atoms with Crippen LogP contribution in [0.5, 0.6) is 5.75 Å². The highest BCUT2D eigenvalue weighted by atomic mass is 16.5. The van der Waals surface area contributed by atoms with Crippen LogP contribution in [0.3, 0.4) is 0 Å². The smallest absolute Gasteiger partial charge is 0.129 e. The van der Waals surface area contributed by atoms with Crippen LogP contribution in [0.4, 0.5) is 0 Å². The van der Waals surface area contributed by atoms with Crippen LogP contribution < -0.4 is 15.4 Å². The molecule has 5 heteroatoms. The van der Waals surface area contributed by atoms with Gasteiger partial charge >= 0.3 is 0 Å². The standard InChI is InChI=1S/C18H21N3O2/c22-13(10-20-12-8-19-9-12)11-23-17-7-3-6-16-18(17)14-4-1-2-5-15(14)21-16/h1-7,12-13,19-22H,8-11H2/t13-/m0/s1. The first-order valence-corrected chi connectivity index (χ1v) is 8.05. The second-order valence-electron chi connectivity index (χ2n) is 6.08. The van der Waals surface area contributed by atoms with Crippen LogP contribution in [-0.2, 0) is 0 Å². The van der Waals surface area contributed by atoms with Gasteiger partial charge in [0.15, 0.2) is 0 Å². The van der Waals surface area contributed by atoms with Crippen molar-refractivity contribution in [2.75, 3.05) is 26.2 Å². The minimum Gasteiger partial charge on any atom is -0.490 e. The molecule has 3 aromatic rings. The summed E-state index contributed by atoms with van der Waals surface area (Å²) < 4.78 is 5.91. The van der Waals surface area contributed by atoms with E-state index in [0.29, 0.717) is 12.6 Å². The monoisotopic (exact) mass is 311 g/mol. The van der Waals surface area contributed by atoms with Crippen LogP contribution in [0.25, 0.3) is 21.8 Å². The van der Waals surface area contributed by atoms with Crippen molar-refractivity contribution < 1.29 is 9.84 Å². The number of hydrogen-bond donors (Lipinski definition) is 4. The zero-order valence-electron chi connectivity index (χ0n) is 12.9. The summed E-state index contributed by atoms with van der Waals surface area (Å²) in [6.45, 7) is 2.78. The van der Waals surface area contributed by atoms with E-state index in [4.69, 9.17) is 4.74 Å². The lowest BCUT2D eigenvalue weighted by atomic mass is 10.1. The fraction of sp³-hybridized carbons (Fsp3) is 0.333. The highest BCUT2D eigenvalue weighted by Gasteiger charge is 2.17. The third-order valence-electron chi connectivity index (χ3n) is 4.35. The molecule has 1 atom stereocenters. The molecule has 0 saturated carbocycles. The number of hydrogen-bond acceptors (Lipinski definition) is 4. The van der Waals surface area contributed by atoms with Crippen molar-refractivity contribution in [2.24, 2.45) is 0 Å². The number of aliphatic hydroxyl groups excluding tert-OH is 1. The second kappa shape index (κ2) is 6.20. The van der Waals surface area contributed by atoms with Crippen molar-refractivity contribution in [3.63, 3.8) is 0 Å².